The third kappa shape index (κ3) is 7.84. The standard InChI is InChI=1S/C80H44N8O2/c1-3-15-46(16-4-1)75-84-78(52-30-31-56-48(38-52)29-33-59-55-22-8-7-14-45(55)28-32-60(56)59)87-79(85-75)64-26-13-27-67-72(64)63-35-37-82-73(74(63)90-67)50-20-11-21-51(40-50)77-83-76(47-17-5-2-6-18-47)86-80(88-77)66-42-54(43-68-71(66)62-34-36-81-44-69(62)89-68)53-39-49-19-12-25-61-57-23-9-10-24-58(57)65(41-53)70(49)61/h1-44H. The van der Waals surface area contributed by atoms with Crippen molar-refractivity contribution in [3.05, 3.63) is 267 Å². The smallest absolute Gasteiger partial charge is 0.164 e. The zero-order valence-corrected chi connectivity index (χ0v) is 47.8. The molecule has 12 aromatic carbocycles. The fourth-order valence-electron chi connectivity index (χ4n) is 13.7. The highest BCUT2D eigenvalue weighted by atomic mass is 16.3. The molecule has 0 atom stereocenters. The molecule has 1 aliphatic carbocycles. The molecule has 0 spiro atoms. The number of hydrogen-bond acceptors (Lipinski definition) is 10. The molecule has 6 heterocycles. The minimum atomic E-state index is 0.490. The van der Waals surface area contributed by atoms with Gasteiger partial charge in [0, 0.05) is 72.9 Å². The summed E-state index contributed by atoms with van der Waals surface area (Å²) in [6, 6.07) is 86.4. The van der Waals surface area contributed by atoms with Crippen LogP contribution in [0.4, 0.5) is 0 Å². The Morgan fingerprint density at radius 1 is 0.244 bits per heavy atom. The van der Waals surface area contributed by atoms with Crippen LogP contribution in [0.3, 0.4) is 0 Å². The molecule has 0 radical (unpaired) electrons. The van der Waals surface area contributed by atoms with Crippen molar-refractivity contribution in [2.45, 2.75) is 0 Å². The molecular formula is C80H44N8O2. The first kappa shape index (κ1) is 49.8. The van der Waals surface area contributed by atoms with Gasteiger partial charge in [0.05, 0.1) is 6.20 Å². The Kier molecular flexibility index (Phi) is 10.8. The van der Waals surface area contributed by atoms with Crippen LogP contribution >= 0.6 is 0 Å². The molecule has 416 valence electrons. The molecule has 10 heteroatoms. The van der Waals surface area contributed by atoms with E-state index in [0.29, 0.717) is 63.0 Å². The highest BCUT2D eigenvalue weighted by Crippen LogP contribution is 2.50. The van der Waals surface area contributed by atoms with Crippen LogP contribution in [0.2, 0.25) is 0 Å². The first-order chi connectivity index (χ1) is 44.6. The summed E-state index contributed by atoms with van der Waals surface area (Å²) in [6.07, 6.45) is 5.40. The van der Waals surface area contributed by atoms with Crippen LogP contribution < -0.4 is 0 Å². The summed E-state index contributed by atoms with van der Waals surface area (Å²) >= 11 is 0. The summed E-state index contributed by atoms with van der Waals surface area (Å²) in [6.45, 7) is 0. The van der Waals surface area contributed by atoms with E-state index < -0.39 is 0 Å². The molecule has 0 fully saturated rings. The predicted molar refractivity (Wildman–Crippen MR) is 361 cm³/mol. The quantitative estimate of drug-likeness (QED) is 0.136. The third-order valence-electron chi connectivity index (χ3n) is 17.8. The molecule has 10 nitrogen and oxygen atoms in total. The van der Waals surface area contributed by atoms with Gasteiger partial charge in [-0.2, -0.15) is 0 Å². The van der Waals surface area contributed by atoms with Crippen LogP contribution in [-0.2, 0) is 0 Å². The Hall–Kier alpha value is -12.4. The fraction of sp³-hybridized carbons (Fsp3) is 0. The van der Waals surface area contributed by atoms with Crippen molar-refractivity contribution in [3.63, 3.8) is 0 Å². The Balaban J connectivity index is 0.747. The van der Waals surface area contributed by atoms with Gasteiger partial charge in [-0.15, -0.1) is 0 Å². The molecule has 0 bridgehead atoms. The fourth-order valence-corrected chi connectivity index (χ4v) is 13.7. The van der Waals surface area contributed by atoms with E-state index >= 15 is 0 Å². The van der Waals surface area contributed by atoms with Gasteiger partial charge in [0.2, 0.25) is 0 Å². The molecule has 6 aromatic heterocycles. The Morgan fingerprint density at radius 2 is 0.789 bits per heavy atom. The Labute approximate surface area is 513 Å². The van der Waals surface area contributed by atoms with Crippen molar-refractivity contribution in [2.24, 2.45) is 0 Å². The molecule has 0 amide bonds. The van der Waals surface area contributed by atoms with Crippen molar-refractivity contribution in [2.75, 3.05) is 0 Å². The molecule has 0 aliphatic heterocycles. The van der Waals surface area contributed by atoms with Crippen LogP contribution in [0.1, 0.15) is 0 Å². The maximum atomic E-state index is 6.93. The van der Waals surface area contributed by atoms with Crippen molar-refractivity contribution < 1.29 is 8.83 Å². The monoisotopic (exact) mass is 1150 g/mol. The minimum absolute atomic E-state index is 0.490. The molecule has 1 aliphatic rings. The van der Waals surface area contributed by atoms with Crippen LogP contribution in [0, 0.1) is 0 Å². The lowest BCUT2D eigenvalue weighted by molar-refractivity contribution is 0.667. The predicted octanol–water partition coefficient (Wildman–Crippen LogP) is 20.2. The molecule has 18 aromatic rings. The van der Waals surface area contributed by atoms with E-state index in [2.05, 4.69) is 151 Å². The van der Waals surface area contributed by atoms with Gasteiger partial charge in [0.1, 0.15) is 16.9 Å². The molecule has 90 heavy (non-hydrogen) atoms. The normalized spacial score (nSPS) is 12.0. The molecule has 0 saturated carbocycles. The van der Waals surface area contributed by atoms with Crippen LogP contribution in [0.5, 0.6) is 0 Å². The van der Waals surface area contributed by atoms with E-state index in [1.807, 2.05) is 109 Å². The van der Waals surface area contributed by atoms with Crippen molar-refractivity contribution in [3.8, 4) is 113 Å². The highest BCUT2D eigenvalue weighted by Gasteiger charge is 2.26. The van der Waals surface area contributed by atoms with E-state index in [9.17, 15) is 0 Å². The Morgan fingerprint density at radius 3 is 1.59 bits per heavy atom. The van der Waals surface area contributed by atoms with Gasteiger partial charge in [-0.25, -0.2) is 29.9 Å². The average molecular weight is 1150 g/mol. The second kappa shape index (κ2) is 19.6. The number of furan rings is 2. The second-order valence-electron chi connectivity index (χ2n) is 23.0. The molecule has 0 saturated heterocycles. The topological polar surface area (TPSA) is 129 Å². The van der Waals surface area contributed by atoms with Gasteiger partial charge in [0.15, 0.2) is 46.1 Å². The largest absolute Gasteiger partial charge is 0.454 e. The molecule has 0 unspecified atom stereocenters. The van der Waals surface area contributed by atoms with Crippen LogP contribution in [0.15, 0.2) is 276 Å². The van der Waals surface area contributed by atoms with E-state index in [1.54, 1.807) is 12.4 Å². The maximum absolute atomic E-state index is 6.93. The number of pyridine rings is 2. The van der Waals surface area contributed by atoms with Gasteiger partial charge in [-0.1, -0.05) is 194 Å². The number of nitrogens with zero attached hydrogens (tertiary/aromatic N) is 8. The summed E-state index contributed by atoms with van der Waals surface area (Å²) < 4.78 is 13.6. The van der Waals surface area contributed by atoms with E-state index in [1.165, 1.54) is 60.0 Å². The summed E-state index contributed by atoms with van der Waals surface area (Å²) in [7, 11) is 0. The molecule has 0 N–H and O–H groups in total. The first-order valence-corrected chi connectivity index (χ1v) is 29.9. The minimum Gasteiger partial charge on any atom is -0.454 e. The maximum Gasteiger partial charge on any atom is 0.164 e. The lowest BCUT2D eigenvalue weighted by atomic mass is 9.93. The van der Waals surface area contributed by atoms with E-state index in [-0.39, 0.29) is 0 Å². The summed E-state index contributed by atoms with van der Waals surface area (Å²) in [5, 5.41) is 13.1. The van der Waals surface area contributed by atoms with Crippen molar-refractivity contribution in [1.29, 1.82) is 0 Å². The van der Waals surface area contributed by atoms with Gasteiger partial charge < -0.3 is 8.83 Å². The number of benzene rings is 12. The highest BCUT2D eigenvalue weighted by molar-refractivity contribution is 6.20. The van der Waals surface area contributed by atoms with E-state index in [4.69, 9.17) is 43.7 Å². The van der Waals surface area contributed by atoms with Crippen molar-refractivity contribution >= 4 is 87.0 Å². The zero-order valence-electron chi connectivity index (χ0n) is 47.8. The second-order valence-corrected chi connectivity index (χ2v) is 23.0. The Bertz CT molecular complexity index is 6060. The summed E-state index contributed by atoms with van der Waals surface area (Å²) in [4.78, 5) is 41.2. The number of fused-ring (bicyclic) bond motifs is 14. The van der Waals surface area contributed by atoms with Crippen LogP contribution in [0.25, 0.3) is 200 Å². The average Bonchev–Trinajstić information content (AvgIpc) is 1.56. The van der Waals surface area contributed by atoms with Gasteiger partial charge >= 0.3 is 0 Å². The lowest BCUT2D eigenvalue weighted by Crippen LogP contribution is -2.01. The van der Waals surface area contributed by atoms with Gasteiger partial charge in [0.25, 0.3) is 0 Å². The summed E-state index contributed by atoms with van der Waals surface area (Å²) in [5.41, 5.74) is 16.1. The van der Waals surface area contributed by atoms with E-state index in [0.717, 1.165) is 77.0 Å². The third-order valence-corrected chi connectivity index (χ3v) is 17.8. The van der Waals surface area contributed by atoms with Crippen LogP contribution in [-0.4, -0.2) is 39.9 Å². The number of rotatable bonds is 8. The van der Waals surface area contributed by atoms with Gasteiger partial charge in [-0.05, 0) is 131 Å². The van der Waals surface area contributed by atoms with Gasteiger partial charge in [-0.3, -0.25) is 9.97 Å². The SMILES string of the molecule is c1ccc(-c2nc(-c3cccc(-c4nccc5c4oc4cccc(-c6nc(-c7ccccc7)nc(-c7ccc8c(ccc9c%10ccccc%10ccc89)c7)n6)c45)c3)nc(-c3cc(-c4cc5c6c(cccc6c4)-c4ccccc4-5)cc4oc5cnccc5c34)n2)cc1. The number of aromatic nitrogens is 8. The first-order valence-electron chi connectivity index (χ1n) is 29.9. The molecule has 19 rings (SSSR count). The lowest BCUT2D eigenvalue weighted by Gasteiger charge is -2.13. The zero-order chi connectivity index (χ0) is 59.0. The summed E-state index contributed by atoms with van der Waals surface area (Å²) in [5.74, 6) is 3.18. The number of hydrogen-bond donors (Lipinski definition) is 0. The van der Waals surface area contributed by atoms with Crippen molar-refractivity contribution in [1.82, 2.24) is 39.9 Å². The molecular weight excluding hydrogens is 1100 g/mol.